The summed E-state index contributed by atoms with van der Waals surface area (Å²) >= 11 is 0. The number of nitrogens with one attached hydrogen (secondary N) is 2. The molecule has 7 heteroatoms. The summed E-state index contributed by atoms with van der Waals surface area (Å²) in [4.78, 5) is 0.232. The van der Waals surface area contributed by atoms with Gasteiger partial charge in [0.15, 0.2) is 5.76 Å². The molecule has 0 atom stereocenters. The highest BCUT2D eigenvalue weighted by molar-refractivity contribution is 7.89. The zero-order valence-electron chi connectivity index (χ0n) is 10.7. The molecule has 0 bridgehead atoms. The van der Waals surface area contributed by atoms with Gasteiger partial charge in [-0.15, -0.1) is 0 Å². The first kappa shape index (κ1) is 13.6. The molecule has 0 radical (unpaired) electrons. The Kier molecular flexibility index (Phi) is 3.87. The van der Waals surface area contributed by atoms with E-state index in [0.717, 1.165) is 17.1 Å². The Morgan fingerprint density at radius 1 is 1.26 bits per heavy atom. The van der Waals surface area contributed by atoms with Gasteiger partial charge in [0, 0.05) is 11.8 Å². The summed E-state index contributed by atoms with van der Waals surface area (Å²) in [5, 5.41) is 6.91. The van der Waals surface area contributed by atoms with Crippen molar-refractivity contribution >= 4 is 15.7 Å². The van der Waals surface area contributed by atoms with Crippen LogP contribution in [-0.2, 0) is 16.6 Å². The number of anilines is 1. The van der Waals surface area contributed by atoms with Gasteiger partial charge < -0.3 is 9.84 Å². The molecule has 0 saturated heterocycles. The van der Waals surface area contributed by atoms with Crippen LogP contribution in [0.2, 0.25) is 0 Å². The molecule has 1 aromatic carbocycles. The molecule has 0 aliphatic rings. The average Bonchev–Trinajstić information content (AvgIpc) is 2.83. The van der Waals surface area contributed by atoms with Gasteiger partial charge in [0.2, 0.25) is 10.0 Å². The van der Waals surface area contributed by atoms with E-state index in [4.69, 9.17) is 4.52 Å². The van der Waals surface area contributed by atoms with E-state index in [1.54, 1.807) is 24.3 Å². The Hall–Kier alpha value is -1.86. The number of aromatic nitrogens is 1. The van der Waals surface area contributed by atoms with E-state index in [0.29, 0.717) is 6.54 Å². The van der Waals surface area contributed by atoms with Crippen molar-refractivity contribution < 1.29 is 12.9 Å². The van der Waals surface area contributed by atoms with E-state index in [1.807, 2.05) is 13.0 Å². The van der Waals surface area contributed by atoms with Crippen LogP contribution in [0.5, 0.6) is 0 Å². The maximum Gasteiger partial charge on any atom is 0.240 e. The van der Waals surface area contributed by atoms with E-state index in [-0.39, 0.29) is 4.90 Å². The fourth-order valence-electron chi connectivity index (χ4n) is 1.56. The zero-order valence-corrected chi connectivity index (χ0v) is 11.5. The van der Waals surface area contributed by atoms with E-state index in [2.05, 4.69) is 15.2 Å². The molecule has 19 heavy (non-hydrogen) atoms. The number of benzene rings is 1. The minimum absolute atomic E-state index is 0.232. The normalized spacial score (nSPS) is 11.5. The zero-order chi connectivity index (χ0) is 13.9. The number of nitrogens with zero attached hydrogens (tertiary/aromatic N) is 1. The van der Waals surface area contributed by atoms with Crippen molar-refractivity contribution in [3.05, 3.63) is 41.8 Å². The molecular formula is C12H15N3O3S. The Morgan fingerprint density at radius 3 is 2.47 bits per heavy atom. The van der Waals surface area contributed by atoms with Crippen LogP contribution in [0.15, 0.2) is 39.8 Å². The molecule has 102 valence electrons. The lowest BCUT2D eigenvalue weighted by atomic mass is 10.3. The van der Waals surface area contributed by atoms with Gasteiger partial charge in [0.05, 0.1) is 17.1 Å². The summed E-state index contributed by atoms with van der Waals surface area (Å²) in [6.45, 7) is 2.35. The van der Waals surface area contributed by atoms with Crippen molar-refractivity contribution in [2.24, 2.45) is 0 Å². The maximum absolute atomic E-state index is 11.5. The molecule has 2 aromatic rings. The lowest BCUT2D eigenvalue weighted by molar-refractivity contribution is 0.384. The van der Waals surface area contributed by atoms with Gasteiger partial charge >= 0.3 is 0 Å². The molecule has 0 aliphatic carbocycles. The van der Waals surface area contributed by atoms with E-state index >= 15 is 0 Å². The van der Waals surface area contributed by atoms with Gasteiger partial charge in [-0.05, 0) is 38.2 Å². The highest BCUT2D eigenvalue weighted by Gasteiger charge is 2.10. The van der Waals surface area contributed by atoms with Gasteiger partial charge in [0.1, 0.15) is 0 Å². The van der Waals surface area contributed by atoms with E-state index in [1.165, 1.54) is 7.05 Å². The molecular weight excluding hydrogens is 266 g/mol. The number of aryl methyl sites for hydroxylation is 1. The second-order valence-electron chi connectivity index (χ2n) is 4.02. The number of rotatable bonds is 5. The number of hydrogen-bond donors (Lipinski definition) is 2. The first-order chi connectivity index (χ1) is 9.01. The lowest BCUT2D eigenvalue weighted by Crippen LogP contribution is -2.18. The highest BCUT2D eigenvalue weighted by Crippen LogP contribution is 2.14. The molecule has 2 N–H and O–H groups in total. The lowest BCUT2D eigenvalue weighted by Gasteiger charge is -2.06. The van der Waals surface area contributed by atoms with E-state index < -0.39 is 10.0 Å². The fourth-order valence-corrected chi connectivity index (χ4v) is 2.29. The molecule has 1 aromatic heterocycles. The molecule has 0 fully saturated rings. The highest BCUT2D eigenvalue weighted by atomic mass is 32.2. The van der Waals surface area contributed by atoms with Crippen LogP contribution < -0.4 is 10.0 Å². The largest absolute Gasteiger partial charge is 0.378 e. The topological polar surface area (TPSA) is 84.2 Å². The summed E-state index contributed by atoms with van der Waals surface area (Å²) in [6, 6.07) is 8.33. The van der Waals surface area contributed by atoms with Crippen molar-refractivity contribution in [2.45, 2.75) is 18.4 Å². The predicted octanol–water partition coefficient (Wildman–Crippen LogP) is 1.50. The van der Waals surface area contributed by atoms with Gasteiger partial charge in [-0.25, -0.2) is 13.1 Å². The molecule has 0 spiro atoms. The summed E-state index contributed by atoms with van der Waals surface area (Å²) < 4.78 is 30.4. The fraction of sp³-hybridized carbons (Fsp3) is 0.250. The van der Waals surface area contributed by atoms with Gasteiger partial charge in [-0.2, -0.15) is 0 Å². The summed E-state index contributed by atoms with van der Waals surface area (Å²) in [5.41, 5.74) is 1.64. The molecule has 0 saturated carbocycles. The second kappa shape index (κ2) is 5.41. The molecule has 0 unspecified atom stereocenters. The van der Waals surface area contributed by atoms with E-state index in [9.17, 15) is 8.42 Å². The standard InChI is InChI=1S/C12H15N3O3S/c1-9-7-11(18-15-9)8-14-10-3-5-12(6-4-10)19(16,17)13-2/h3-7,13-14H,8H2,1-2H3. The number of hydrogen-bond acceptors (Lipinski definition) is 5. The Labute approximate surface area is 111 Å². The SMILES string of the molecule is CNS(=O)(=O)c1ccc(NCc2cc(C)no2)cc1. The average molecular weight is 281 g/mol. The quantitative estimate of drug-likeness (QED) is 0.867. The maximum atomic E-state index is 11.5. The molecule has 6 nitrogen and oxygen atoms in total. The summed E-state index contributed by atoms with van der Waals surface area (Å²) in [6.07, 6.45) is 0. The predicted molar refractivity (Wildman–Crippen MR) is 71.3 cm³/mol. The first-order valence-corrected chi connectivity index (χ1v) is 7.19. The third-order valence-electron chi connectivity index (χ3n) is 2.58. The Bertz CT molecular complexity index is 647. The minimum atomic E-state index is -3.39. The molecule has 0 amide bonds. The number of sulfonamides is 1. The molecule has 2 rings (SSSR count). The third-order valence-corrected chi connectivity index (χ3v) is 4.01. The van der Waals surface area contributed by atoms with Gasteiger partial charge in [-0.3, -0.25) is 0 Å². The van der Waals surface area contributed by atoms with Crippen molar-refractivity contribution in [3.63, 3.8) is 0 Å². The second-order valence-corrected chi connectivity index (χ2v) is 5.91. The van der Waals surface area contributed by atoms with Crippen LogP contribution in [0.1, 0.15) is 11.5 Å². The smallest absolute Gasteiger partial charge is 0.240 e. The summed E-state index contributed by atoms with van der Waals surface area (Å²) in [5.74, 6) is 0.726. The van der Waals surface area contributed by atoms with Crippen molar-refractivity contribution in [1.29, 1.82) is 0 Å². The van der Waals surface area contributed by atoms with Gasteiger partial charge in [0.25, 0.3) is 0 Å². The summed E-state index contributed by atoms with van der Waals surface area (Å²) in [7, 11) is -2.00. The Morgan fingerprint density at radius 2 is 1.95 bits per heavy atom. The minimum Gasteiger partial charge on any atom is -0.378 e. The van der Waals surface area contributed by atoms with Crippen molar-refractivity contribution in [1.82, 2.24) is 9.88 Å². The third kappa shape index (κ3) is 3.33. The van der Waals surface area contributed by atoms with Crippen LogP contribution in [0, 0.1) is 6.92 Å². The van der Waals surface area contributed by atoms with Crippen LogP contribution in [0.4, 0.5) is 5.69 Å². The molecule has 0 aliphatic heterocycles. The first-order valence-electron chi connectivity index (χ1n) is 5.71. The van der Waals surface area contributed by atoms with Gasteiger partial charge in [-0.1, -0.05) is 5.16 Å². The van der Waals surface area contributed by atoms with Crippen LogP contribution in [0.25, 0.3) is 0 Å². The Balaban J connectivity index is 2.03. The van der Waals surface area contributed by atoms with Crippen molar-refractivity contribution in [3.8, 4) is 0 Å². The van der Waals surface area contributed by atoms with Crippen LogP contribution in [-0.4, -0.2) is 20.6 Å². The molecule has 1 heterocycles. The van der Waals surface area contributed by atoms with Crippen molar-refractivity contribution in [2.75, 3.05) is 12.4 Å². The van der Waals surface area contributed by atoms with Crippen LogP contribution in [0.3, 0.4) is 0 Å². The van der Waals surface area contributed by atoms with Crippen LogP contribution >= 0.6 is 0 Å². The monoisotopic (exact) mass is 281 g/mol.